The minimum atomic E-state index is -2.16. The highest BCUT2D eigenvalue weighted by atomic mass is 32.2. The van der Waals surface area contributed by atoms with Gasteiger partial charge < -0.3 is 161 Å². The highest BCUT2D eigenvalue weighted by molar-refractivity contribution is 8.00. The second kappa shape index (κ2) is 67.9. The highest BCUT2D eigenvalue weighted by Crippen LogP contribution is 2.18. The second-order valence-corrected chi connectivity index (χ2v) is 35.6. The number of hydrogen-bond donors (Lipinski definition) is 31. The Morgan fingerprint density at radius 3 is 1.01 bits per heavy atom. The van der Waals surface area contributed by atoms with E-state index in [0.29, 0.717) is 0 Å². The molecule has 55 nitrogen and oxygen atoms in total. The number of thioether (sulfide) groups is 1. The Kier molecular flexibility index (Phi) is 61.5. The number of carboxylic acid groups (broad SMARTS) is 5. The quantitative estimate of drug-likeness (QED) is 0.0153. The lowest BCUT2D eigenvalue weighted by atomic mass is 9.96. The van der Waals surface area contributed by atoms with E-state index >= 15 is 0 Å². The third kappa shape index (κ3) is 52.5. The molecule has 0 rings (SSSR count). The van der Waals surface area contributed by atoms with Crippen molar-refractivity contribution in [1.29, 1.82) is 5.41 Å². The van der Waals surface area contributed by atoms with Gasteiger partial charge in [0.05, 0.1) is 37.7 Å². The first-order valence-electron chi connectivity index (χ1n) is 46.2. The third-order valence-corrected chi connectivity index (χ3v) is 22.7. The number of primary amides is 2. The van der Waals surface area contributed by atoms with Crippen molar-refractivity contribution in [3.63, 3.8) is 0 Å². The van der Waals surface area contributed by atoms with E-state index < -0.39 is 320 Å². The number of rotatable bonds is 74. The van der Waals surface area contributed by atoms with E-state index in [-0.39, 0.29) is 134 Å². The fourth-order valence-electron chi connectivity index (χ4n) is 13.4. The lowest BCUT2D eigenvalue weighted by Crippen LogP contribution is -2.62. The number of aliphatic hydroxyl groups excluding tert-OH is 1. The van der Waals surface area contributed by atoms with Crippen LogP contribution in [-0.2, 0) is 115 Å². The normalized spacial score (nSPS) is 15.1. The van der Waals surface area contributed by atoms with Gasteiger partial charge in [-0.1, -0.05) is 68.2 Å². The number of carboxylic acids is 5. The molecule has 0 aromatic heterocycles. The van der Waals surface area contributed by atoms with Crippen LogP contribution in [0, 0.1) is 29.1 Å². The summed E-state index contributed by atoms with van der Waals surface area (Å²) in [6.45, 7) is 15.0. The lowest BCUT2D eigenvalue weighted by Gasteiger charge is -2.30. The van der Waals surface area contributed by atoms with Crippen LogP contribution in [-0.4, -0.2) is 326 Å². The lowest BCUT2D eigenvalue weighted by molar-refractivity contribution is -0.143. The van der Waals surface area contributed by atoms with Gasteiger partial charge in [0, 0.05) is 32.1 Å². The first-order chi connectivity index (χ1) is 66.0. The Balaban J connectivity index is 7.21. The zero-order chi connectivity index (χ0) is 108. The number of nitrogens with one attached hydrogen (secondary N) is 19. The summed E-state index contributed by atoms with van der Waals surface area (Å²) < 4.78 is 0. The largest absolute Gasteiger partial charge is 0.481 e. The molecular weight excluding hydrogens is 1880 g/mol. The fraction of sp³-hybridized carbons (Fsp3) is 0.706. The molecule has 0 heterocycles. The molecule has 37 N–H and O–H groups in total. The number of amides is 19. The monoisotopic (exact) mass is 2030 g/mol. The van der Waals surface area contributed by atoms with Crippen LogP contribution in [0.1, 0.15) is 211 Å². The topological polar surface area (TPSA) is 928 Å². The van der Waals surface area contributed by atoms with Crippen molar-refractivity contribution >= 4 is 160 Å². The summed E-state index contributed by atoms with van der Waals surface area (Å²) in [5.41, 5.74) is 33.1. The predicted octanol–water partition coefficient (Wildman–Crippen LogP) is -9.42. The molecule has 141 heavy (non-hydrogen) atoms. The Morgan fingerprint density at radius 1 is 0.333 bits per heavy atom. The molecule has 0 saturated heterocycles. The van der Waals surface area contributed by atoms with E-state index in [1.54, 1.807) is 34.6 Å². The molecule has 0 aromatic carbocycles. The van der Waals surface area contributed by atoms with Crippen LogP contribution < -0.4 is 130 Å². The fourth-order valence-corrected chi connectivity index (χ4v) is 14.2. The summed E-state index contributed by atoms with van der Waals surface area (Å²) in [6.07, 6.45) is -7.97. The van der Waals surface area contributed by atoms with Crippen molar-refractivity contribution in [2.75, 3.05) is 44.2 Å². The van der Waals surface area contributed by atoms with Crippen molar-refractivity contribution in [3.05, 3.63) is 0 Å². The number of unbranched alkanes of at least 4 members (excludes halogenated alkanes) is 3. The molecular formula is C85H147N25O30S. The minimum Gasteiger partial charge on any atom is -0.481 e. The van der Waals surface area contributed by atoms with E-state index in [2.05, 4.69) is 95.7 Å². The number of hydrogen-bond acceptors (Lipinski definition) is 30. The molecule has 0 unspecified atom stereocenters. The summed E-state index contributed by atoms with van der Waals surface area (Å²) in [7, 11) is 0. The molecule has 0 bridgehead atoms. The van der Waals surface area contributed by atoms with Gasteiger partial charge in [-0.15, -0.1) is 11.8 Å². The van der Waals surface area contributed by atoms with Crippen LogP contribution in [0.15, 0.2) is 0 Å². The van der Waals surface area contributed by atoms with Crippen molar-refractivity contribution in [3.8, 4) is 0 Å². The molecule has 19 atom stereocenters. The highest BCUT2D eigenvalue weighted by Gasteiger charge is 2.42. The van der Waals surface area contributed by atoms with E-state index in [1.165, 1.54) is 20.8 Å². The molecule has 56 heteroatoms. The third-order valence-electron chi connectivity index (χ3n) is 21.6. The molecule has 0 aliphatic heterocycles. The van der Waals surface area contributed by atoms with Gasteiger partial charge >= 0.3 is 29.8 Å². The second-order valence-electron chi connectivity index (χ2n) is 34.6. The number of aliphatic hydroxyl groups is 1. The SMILES string of the molecule is CC[C@H](C)[C@H](NC(=O)[C@H](CCCCN)NC(=O)[C@H](CC(=O)O)NC(=O)[C@H](CC(C)C)NC(=O)[C@H](C)NC(=O)[C@H](CCC(=O)O)NC(=O)[C@H](CCCCN)NC(=O)[C@@H](NC(=O)[C@H](CC(=O)O)NC(=O)[C@H](CCCCN)NC(=O)[C@@H](NC(=O)[C@H](CC(=O)O)NC(=O)[C@@H](NC(=O)[C@H](CCCNC(=N)N)NC(C)=O)[C@@H](C)CC)C(C)C)[C@@H](C)O)C(=O)N[C@@H](CCC(=O)O)C(=O)NCC(=O)N[C@@H](CSCC(N)=O)C(N)=O. The molecule has 19 amide bonds. The van der Waals surface area contributed by atoms with E-state index in [4.69, 9.17) is 39.8 Å². The van der Waals surface area contributed by atoms with Gasteiger partial charge in [0.25, 0.3) is 0 Å². The van der Waals surface area contributed by atoms with E-state index in [0.717, 1.165) is 32.5 Å². The van der Waals surface area contributed by atoms with Crippen LogP contribution in [0.3, 0.4) is 0 Å². The molecule has 0 aliphatic carbocycles. The first-order valence-corrected chi connectivity index (χ1v) is 47.3. The molecule has 0 saturated carbocycles. The maximum atomic E-state index is 14.5. The van der Waals surface area contributed by atoms with Crippen molar-refractivity contribution in [2.45, 2.75) is 314 Å². The average Bonchev–Trinajstić information content (AvgIpc) is 0.845. The van der Waals surface area contributed by atoms with Crippen LogP contribution in [0.25, 0.3) is 0 Å². The summed E-state index contributed by atoms with van der Waals surface area (Å²) >= 11 is 0.870. The zero-order valence-corrected chi connectivity index (χ0v) is 82.1. The van der Waals surface area contributed by atoms with Crippen LogP contribution in [0.4, 0.5) is 0 Å². The summed E-state index contributed by atoms with van der Waals surface area (Å²) in [4.78, 5) is 322. The van der Waals surface area contributed by atoms with Gasteiger partial charge in [-0.2, -0.15) is 0 Å². The van der Waals surface area contributed by atoms with Gasteiger partial charge in [-0.3, -0.25) is 120 Å². The first kappa shape index (κ1) is 128. The standard InChI is InChI=1S/C85H147N25O30S/c1-12-42(7)66(82(138)102-51(25-27-60(115)116)71(127)94-37-59(114)97-57(69(90)125)38-141-39-58(89)113)109-76(132)50(23-16-19-31-88)98-78(134)54(34-62(119)120)105-77(133)53(33-40(3)4)103-70(126)44(9)95-72(128)52(26-28-61(117)118)99-73(129)48(21-14-17-29-86)101-84(140)68(45(10)111)110-80(136)55(35-63(121)122)104-74(130)49(22-15-18-30-87)100-81(137)65(41(5)6)107-79(135)56(36-64(123)124)106-83(139)67(43(8)13-2)108-75(131)47(96-46(11)112)24-20-32-93-85(91)92/h40-45,47-57,65-68,111H,12-39,86-88H2,1-11H3,(H2,89,113)(H2,90,125)(H,94,127)(H,95,128)(H,96,112)(H,97,114)(H,98,134)(H,99,129)(H,100,137)(H,101,140)(H,102,138)(H,103,126)(H,104,130)(H,105,133)(H,106,139)(H,107,135)(H,108,131)(H,109,132)(H,110,136)(H,115,116)(H,117,118)(H,119,120)(H,121,122)(H,123,124)(H4,91,92,93)/t42-,43-,44-,45+,47-,48-,49-,50-,51-,52-,53-,54-,55-,56-,57-,65-,66-,67-,68-/m0/s1. The minimum absolute atomic E-state index is 0.000891. The van der Waals surface area contributed by atoms with E-state index in [9.17, 15) is 146 Å². The number of aliphatic carboxylic acids is 5. The molecule has 798 valence electrons. The average molecular weight is 2030 g/mol. The van der Waals surface area contributed by atoms with Crippen LogP contribution >= 0.6 is 11.8 Å². The Hall–Kier alpha value is -13.3. The Bertz CT molecular complexity index is 4260. The van der Waals surface area contributed by atoms with Crippen LogP contribution in [0.5, 0.6) is 0 Å². The smallest absolute Gasteiger partial charge is 0.305 e. The van der Waals surface area contributed by atoms with Gasteiger partial charge in [-0.25, -0.2) is 0 Å². The van der Waals surface area contributed by atoms with Crippen LogP contribution in [0.2, 0.25) is 0 Å². The summed E-state index contributed by atoms with van der Waals surface area (Å²) in [5, 5.41) is 110. The maximum Gasteiger partial charge on any atom is 0.305 e. The predicted molar refractivity (Wildman–Crippen MR) is 504 cm³/mol. The van der Waals surface area contributed by atoms with Gasteiger partial charge in [-0.05, 0) is 147 Å². The Labute approximate surface area is 819 Å². The van der Waals surface area contributed by atoms with Crippen molar-refractivity contribution in [1.82, 2.24) is 95.7 Å². The Morgan fingerprint density at radius 2 is 0.652 bits per heavy atom. The van der Waals surface area contributed by atoms with Crippen molar-refractivity contribution < 1.29 is 146 Å². The molecule has 0 fully saturated rings. The van der Waals surface area contributed by atoms with Gasteiger partial charge in [0.2, 0.25) is 112 Å². The molecule has 0 aliphatic rings. The molecule has 0 spiro atoms. The summed E-state index contributed by atoms with van der Waals surface area (Å²) in [5.74, 6) is -32.5. The van der Waals surface area contributed by atoms with Gasteiger partial charge in [0.15, 0.2) is 5.96 Å². The number of guanidine groups is 1. The number of nitrogens with two attached hydrogens (primary N) is 6. The summed E-state index contributed by atoms with van der Waals surface area (Å²) in [6, 6.07) is -27.6. The van der Waals surface area contributed by atoms with Gasteiger partial charge in [0.1, 0.15) is 96.7 Å². The molecule has 0 radical (unpaired) electrons. The molecule has 0 aromatic rings. The van der Waals surface area contributed by atoms with Crippen molar-refractivity contribution in [2.24, 2.45) is 58.1 Å². The number of carbonyl (C=O) groups is 24. The van der Waals surface area contributed by atoms with E-state index in [1.807, 2.05) is 0 Å². The number of carbonyl (C=O) groups excluding carboxylic acids is 19. The zero-order valence-electron chi connectivity index (χ0n) is 81.3. The maximum absolute atomic E-state index is 14.5.